The van der Waals surface area contributed by atoms with Gasteiger partial charge >= 0.3 is 6.18 Å². The van der Waals surface area contributed by atoms with Crippen molar-refractivity contribution in [1.29, 1.82) is 0 Å². The highest BCUT2D eigenvalue weighted by Gasteiger charge is 2.34. The number of sulfonamides is 1. The van der Waals surface area contributed by atoms with Crippen LogP contribution in [0.25, 0.3) is 0 Å². The molecule has 32 heavy (non-hydrogen) atoms. The highest BCUT2D eigenvalue weighted by molar-refractivity contribution is 7.89. The van der Waals surface area contributed by atoms with Crippen LogP contribution in [0.5, 0.6) is 0 Å². The van der Waals surface area contributed by atoms with Crippen molar-refractivity contribution in [2.45, 2.75) is 31.0 Å². The van der Waals surface area contributed by atoms with Crippen molar-refractivity contribution in [1.82, 2.24) is 9.62 Å². The number of anilines is 1. The maximum absolute atomic E-state index is 12.9. The van der Waals surface area contributed by atoms with E-state index in [2.05, 4.69) is 10.0 Å². The number of alkyl halides is 3. The first kappa shape index (κ1) is 25.6. The van der Waals surface area contributed by atoms with Gasteiger partial charge in [-0.3, -0.25) is 9.59 Å². The van der Waals surface area contributed by atoms with Gasteiger partial charge in [-0.05, 0) is 35.9 Å². The minimum Gasteiger partial charge on any atom is -0.342 e. The smallest absolute Gasteiger partial charge is 0.342 e. The van der Waals surface area contributed by atoms with Crippen LogP contribution in [0.15, 0.2) is 47.4 Å². The van der Waals surface area contributed by atoms with Gasteiger partial charge in [0.15, 0.2) is 0 Å². The molecular formula is C20H21ClF3N3O4S. The number of rotatable bonds is 8. The number of nitrogens with zero attached hydrogens (tertiary/aromatic N) is 1. The lowest BCUT2D eigenvalue weighted by atomic mass is 10.2. The molecule has 0 radical (unpaired) electrons. The summed E-state index contributed by atoms with van der Waals surface area (Å²) in [5.41, 5.74) is -0.0284. The third-order valence-corrected chi connectivity index (χ3v) is 6.15. The number of nitrogens with one attached hydrogen (secondary N) is 2. The van der Waals surface area contributed by atoms with E-state index in [1.165, 1.54) is 11.8 Å². The molecule has 0 aliphatic rings. The number of amides is 2. The first-order chi connectivity index (χ1) is 14.8. The van der Waals surface area contributed by atoms with Gasteiger partial charge in [-0.15, -0.1) is 0 Å². The lowest BCUT2D eigenvalue weighted by Crippen LogP contribution is -2.28. The summed E-state index contributed by atoms with van der Waals surface area (Å²) in [7, 11) is -2.65. The predicted octanol–water partition coefficient (Wildman–Crippen LogP) is 3.64. The number of benzene rings is 2. The van der Waals surface area contributed by atoms with Crippen LogP contribution >= 0.6 is 11.6 Å². The van der Waals surface area contributed by atoms with E-state index in [9.17, 15) is 31.2 Å². The highest BCUT2D eigenvalue weighted by atomic mass is 35.5. The molecule has 0 unspecified atom stereocenters. The van der Waals surface area contributed by atoms with Crippen LogP contribution in [0.2, 0.25) is 5.02 Å². The largest absolute Gasteiger partial charge is 0.417 e. The Morgan fingerprint density at radius 3 is 2.44 bits per heavy atom. The van der Waals surface area contributed by atoms with E-state index < -0.39 is 37.6 Å². The van der Waals surface area contributed by atoms with Crippen molar-refractivity contribution in [3.8, 4) is 0 Å². The van der Waals surface area contributed by atoms with Crippen LogP contribution in [-0.2, 0) is 32.3 Å². The molecule has 0 saturated carbocycles. The summed E-state index contributed by atoms with van der Waals surface area (Å²) in [6.07, 6.45) is -5.06. The Labute approximate surface area is 188 Å². The SMILES string of the molecule is CC(=O)N(C)Cc1cccc(NC(=O)CCNS(=O)(=O)c2ccc(Cl)c(C(F)(F)F)c2)c1. The fourth-order valence-electron chi connectivity index (χ4n) is 2.63. The Hall–Kier alpha value is -2.63. The summed E-state index contributed by atoms with van der Waals surface area (Å²) in [4.78, 5) is 24.3. The minimum absolute atomic E-state index is 0.116. The van der Waals surface area contributed by atoms with Crippen molar-refractivity contribution < 1.29 is 31.2 Å². The van der Waals surface area contributed by atoms with Crippen molar-refractivity contribution in [3.05, 3.63) is 58.6 Å². The van der Waals surface area contributed by atoms with Crippen LogP contribution in [0, 0.1) is 0 Å². The molecule has 2 N–H and O–H groups in total. The standard InChI is InChI=1S/C20H21ClF3N3O4S/c1-13(28)27(2)12-14-4-3-5-15(10-14)26-19(29)8-9-25-32(30,31)16-6-7-18(21)17(11-16)20(22,23)24/h3-7,10-11,25H,8-9,12H2,1-2H3,(H,26,29). The van der Waals surface area contributed by atoms with Crippen molar-refractivity contribution in [2.24, 2.45) is 0 Å². The summed E-state index contributed by atoms with van der Waals surface area (Å²) >= 11 is 5.50. The fraction of sp³-hybridized carbons (Fsp3) is 0.300. The van der Waals surface area contributed by atoms with Gasteiger partial charge in [-0.2, -0.15) is 13.2 Å². The zero-order valence-corrected chi connectivity index (χ0v) is 18.7. The lowest BCUT2D eigenvalue weighted by molar-refractivity contribution is -0.137. The first-order valence-electron chi connectivity index (χ1n) is 9.26. The van der Waals surface area contributed by atoms with Gasteiger partial charge in [-0.1, -0.05) is 23.7 Å². The second-order valence-corrected chi connectivity index (χ2v) is 9.08. The van der Waals surface area contributed by atoms with E-state index >= 15 is 0 Å². The van der Waals surface area contributed by atoms with Crippen LogP contribution in [0.1, 0.15) is 24.5 Å². The monoisotopic (exact) mass is 491 g/mol. The van der Waals surface area contributed by atoms with Gasteiger partial charge in [0.2, 0.25) is 21.8 Å². The van der Waals surface area contributed by atoms with Crippen LogP contribution in [0.4, 0.5) is 18.9 Å². The minimum atomic E-state index is -4.81. The Bertz CT molecular complexity index is 1110. The second-order valence-electron chi connectivity index (χ2n) is 6.91. The number of hydrogen-bond donors (Lipinski definition) is 2. The van der Waals surface area contributed by atoms with Gasteiger partial charge in [0.25, 0.3) is 0 Å². The van der Waals surface area contributed by atoms with Gasteiger partial charge in [0.05, 0.1) is 15.5 Å². The molecule has 2 amide bonds. The maximum Gasteiger partial charge on any atom is 0.417 e. The third-order valence-electron chi connectivity index (χ3n) is 4.37. The Balaban J connectivity index is 1.96. The van der Waals surface area contributed by atoms with E-state index in [1.54, 1.807) is 31.3 Å². The quantitative estimate of drug-likeness (QED) is 0.589. The third kappa shape index (κ3) is 7.21. The summed E-state index contributed by atoms with van der Waals surface area (Å²) in [6.45, 7) is 1.45. The zero-order chi connectivity index (χ0) is 24.1. The molecule has 0 aliphatic carbocycles. The maximum atomic E-state index is 12.9. The molecule has 0 aromatic heterocycles. The van der Waals surface area contributed by atoms with E-state index in [0.29, 0.717) is 18.3 Å². The van der Waals surface area contributed by atoms with Crippen molar-refractivity contribution >= 4 is 39.1 Å². The molecule has 12 heteroatoms. The summed E-state index contributed by atoms with van der Waals surface area (Å²) < 4.78 is 65.5. The fourth-order valence-corrected chi connectivity index (χ4v) is 3.91. The summed E-state index contributed by atoms with van der Waals surface area (Å²) in [5.74, 6) is -0.619. The van der Waals surface area contributed by atoms with Crippen LogP contribution in [0.3, 0.4) is 0 Å². The molecule has 2 aromatic carbocycles. The van der Waals surface area contributed by atoms with E-state index in [1.807, 2.05) is 0 Å². The summed E-state index contributed by atoms with van der Waals surface area (Å²) in [6, 6.07) is 9.02. The average molecular weight is 492 g/mol. The first-order valence-corrected chi connectivity index (χ1v) is 11.1. The van der Waals surface area contributed by atoms with Crippen molar-refractivity contribution in [3.63, 3.8) is 0 Å². The second kappa shape index (κ2) is 10.3. The molecule has 0 spiro atoms. The normalized spacial score (nSPS) is 11.8. The Kier molecular flexibility index (Phi) is 8.27. The zero-order valence-electron chi connectivity index (χ0n) is 17.2. The van der Waals surface area contributed by atoms with Gasteiger partial charge in [0.1, 0.15) is 0 Å². The molecular weight excluding hydrogens is 471 g/mol. The molecule has 0 saturated heterocycles. The highest BCUT2D eigenvalue weighted by Crippen LogP contribution is 2.35. The number of carbonyl (C=O) groups excluding carboxylic acids is 2. The molecule has 0 fully saturated rings. The average Bonchev–Trinajstić information content (AvgIpc) is 2.67. The molecule has 174 valence electrons. The Morgan fingerprint density at radius 2 is 1.81 bits per heavy atom. The molecule has 0 aliphatic heterocycles. The van der Waals surface area contributed by atoms with Gasteiger partial charge < -0.3 is 10.2 Å². The molecule has 0 heterocycles. The molecule has 0 bridgehead atoms. The Morgan fingerprint density at radius 1 is 1.12 bits per heavy atom. The van der Waals surface area contributed by atoms with E-state index in [4.69, 9.17) is 11.6 Å². The molecule has 0 atom stereocenters. The molecule has 2 aromatic rings. The molecule has 2 rings (SSSR count). The van der Waals surface area contributed by atoms with E-state index in [0.717, 1.165) is 17.7 Å². The predicted molar refractivity (Wildman–Crippen MR) is 113 cm³/mol. The number of carbonyl (C=O) groups is 2. The van der Waals surface area contributed by atoms with Gasteiger partial charge in [-0.25, -0.2) is 13.1 Å². The van der Waals surface area contributed by atoms with Crippen LogP contribution in [-0.4, -0.2) is 38.7 Å². The van der Waals surface area contributed by atoms with Crippen LogP contribution < -0.4 is 10.0 Å². The van der Waals surface area contributed by atoms with E-state index in [-0.39, 0.29) is 18.9 Å². The number of halogens is 4. The lowest BCUT2D eigenvalue weighted by Gasteiger charge is -2.15. The van der Waals surface area contributed by atoms with Crippen molar-refractivity contribution in [2.75, 3.05) is 18.9 Å². The summed E-state index contributed by atoms with van der Waals surface area (Å²) in [5, 5.41) is 1.99. The van der Waals surface area contributed by atoms with Gasteiger partial charge in [0, 0.05) is 39.2 Å². The molecule has 7 nitrogen and oxygen atoms in total. The topological polar surface area (TPSA) is 95.6 Å². The number of hydrogen-bond acceptors (Lipinski definition) is 4.